The number of rotatable bonds is 2. The number of amides is 1. The minimum Gasteiger partial charge on any atom is -0.337 e. The molecule has 0 spiro atoms. The fourth-order valence-corrected chi connectivity index (χ4v) is 0.714. The first-order valence-electron chi connectivity index (χ1n) is 3.10. The molecule has 0 atom stereocenters. The molecule has 0 aliphatic heterocycles. The lowest BCUT2D eigenvalue weighted by Crippen LogP contribution is -2.41. The summed E-state index contributed by atoms with van der Waals surface area (Å²) < 4.78 is 24.5. The van der Waals surface area contributed by atoms with Crippen LogP contribution >= 0.6 is 15.9 Å². The highest BCUT2D eigenvalue weighted by Crippen LogP contribution is 2.24. The summed E-state index contributed by atoms with van der Waals surface area (Å²) in [6.45, 7) is 3.33. The molecule has 66 valence electrons. The van der Waals surface area contributed by atoms with Crippen molar-refractivity contribution in [2.75, 3.05) is 7.05 Å². The van der Waals surface area contributed by atoms with Crippen molar-refractivity contribution in [2.24, 2.45) is 0 Å². The average Bonchev–Trinajstić information content (AvgIpc) is 1.82. The van der Waals surface area contributed by atoms with Crippen molar-refractivity contribution in [2.45, 2.75) is 24.7 Å². The van der Waals surface area contributed by atoms with Gasteiger partial charge in [0.2, 0.25) is 0 Å². The molecule has 1 amide bonds. The molecule has 0 bridgehead atoms. The molecular formula is C6H10BrF2NO. The van der Waals surface area contributed by atoms with Crippen molar-refractivity contribution >= 4 is 21.8 Å². The first-order chi connectivity index (χ1) is 4.76. The van der Waals surface area contributed by atoms with Crippen molar-refractivity contribution in [3.8, 4) is 0 Å². The molecule has 0 aliphatic carbocycles. The quantitative estimate of drug-likeness (QED) is 0.663. The van der Waals surface area contributed by atoms with E-state index in [0.717, 1.165) is 4.90 Å². The smallest absolute Gasteiger partial charge is 0.337 e. The van der Waals surface area contributed by atoms with E-state index >= 15 is 0 Å². The van der Waals surface area contributed by atoms with Crippen molar-refractivity contribution in [3.05, 3.63) is 0 Å². The van der Waals surface area contributed by atoms with E-state index in [4.69, 9.17) is 0 Å². The van der Waals surface area contributed by atoms with Crippen LogP contribution in [0.5, 0.6) is 0 Å². The number of hydrogen-bond acceptors (Lipinski definition) is 1. The third-order valence-electron chi connectivity index (χ3n) is 1.34. The third-order valence-corrected chi connectivity index (χ3v) is 1.68. The van der Waals surface area contributed by atoms with E-state index in [2.05, 4.69) is 0 Å². The molecule has 0 fully saturated rings. The summed E-state index contributed by atoms with van der Waals surface area (Å²) in [6, 6.07) is -0.217. The Hall–Kier alpha value is -0.190. The summed E-state index contributed by atoms with van der Waals surface area (Å²) >= 11 is 1.99. The number of nitrogens with zero attached hydrogens (tertiary/aromatic N) is 1. The Labute approximate surface area is 72.7 Å². The van der Waals surface area contributed by atoms with Crippen molar-refractivity contribution < 1.29 is 13.6 Å². The molecule has 0 saturated carbocycles. The molecule has 0 heterocycles. The van der Waals surface area contributed by atoms with Gasteiger partial charge in [0.1, 0.15) is 0 Å². The van der Waals surface area contributed by atoms with E-state index < -0.39 is 10.7 Å². The van der Waals surface area contributed by atoms with Gasteiger partial charge in [0.25, 0.3) is 0 Å². The number of carbonyl (C=O) groups excluding carboxylic acids is 1. The Morgan fingerprint density at radius 1 is 1.55 bits per heavy atom. The number of alkyl halides is 3. The largest absolute Gasteiger partial charge is 0.377 e. The van der Waals surface area contributed by atoms with Gasteiger partial charge in [-0.25, -0.2) is 0 Å². The van der Waals surface area contributed by atoms with Crippen LogP contribution in [0.1, 0.15) is 13.8 Å². The fourth-order valence-electron chi connectivity index (χ4n) is 0.434. The lowest BCUT2D eigenvalue weighted by molar-refractivity contribution is -0.145. The minimum atomic E-state index is -3.44. The normalized spacial score (nSPS) is 11.9. The van der Waals surface area contributed by atoms with E-state index in [1.165, 1.54) is 7.05 Å². The number of hydrogen-bond donors (Lipinski definition) is 0. The number of halogens is 3. The Morgan fingerprint density at radius 3 is 2.00 bits per heavy atom. The molecule has 0 saturated heterocycles. The van der Waals surface area contributed by atoms with Crippen molar-refractivity contribution in [1.29, 1.82) is 0 Å². The maximum Gasteiger partial charge on any atom is 0.377 e. The van der Waals surface area contributed by atoms with Crippen LogP contribution in [-0.2, 0) is 4.79 Å². The second kappa shape index (κ2) is 3.47. The van der Waals surface area contributed by atoms with Gasteiger partial charge in [0.05, 0.1) is 0 Å². The predicted molar refractivity (Wildman–Crippen MR) is 41.8 cm³/mol. The van der Waals surface area contributed by atoms with Crippen molar-refractivity contribution in [3.63, 3.8) is 0 Å². The first kappa shape index (κ1) is 10.8. The standard InChI is InChI=1S/C6H10BrF2NO/c1-4(2)10(3)5(11)6(7,8)9/h4H,1-3H3. The van der Waals surface area contributed by atoms with Gasteiger partial charge in [0.15, 0.2) is 0 Å². The molecule has 0 aliphatic rings. The van der Waals surface area contributed by atoms with E-state index in [1.54, 1.807) is 13.8 Å². The molecule has 0 N–H and O–H groups in total. The van der Waals surface area contributed by atoms with Gasteiger partial charge in [-0.3, -0.25) is 4.79 Å². The van der Waals surface area contributed by atoms with E-state index in [0.29, 0.717) is 0 Å². The summed E-state index contributed by atoms with van der Waals surface area (Å²) in [5.74, 6) is -1.22. The van der Waals surface area contributed by atoms with Gasteiger partial charge >= 0.3 is 10.7 Å². The van der Waals surface area contributed by atoms with Crippen LogP contribution in [0.15, 0.2) is 0 Å². The monoisotopic (exact) mass is 229 g/mol. The lowest BCUT2D eigenvalue weighted by Gasteiger charge is -2.23. The molecular weight excluding hydrogens is 220 g/mol. The summed E-state index contributed by atoms with van der Waals surface area (Å²) in [5, 5.41) is 0. The molecule has 0 aromatic carbocycles. The summed E-state index contributed by atoms with van der Waals surface area (Å²) in [7, 11) is 1.34. The predicted octanol–water partition coefficient (Wildman–Crippen LogP) is 1.84. The second-order valence-electron chi connectivity index (χ2n) is 2.51. The summed E-state index contributed by atoms with van der Waals surface area (Å²) in [6.07, 6.45) is 0. The summed E-state index contributed by atoms with van der Waals surface area (Å²) in [5.41, 5.74) is 0. The highest BCUT2D eigenvalue weighted by Gasteiger charge is 2.38. The lowest BCUT2D eigenvalue weighted by atomic mass is 10.3. The molecule has 0 aromatic heterocycles. The maximum atomic E-state index is 12.3. The zero-order valence-electron chi connectivity index (χ0n) is 6.57. The fraction of sp³-hybridized carbons (Fsp3) is 0.833. The van der Waals surface area contributed by atoms with E-state index in [-0.39, 0.29) is 6.04 Å². The molecule has 11 heavy (non-hydrogen) atoms. The molecule has 0 unspecified atom stereocenters. The van der Waals surface area contributed by atoms with Crippen LogP contribution in [0.3, 0.4) is 0 Å². The molecule has 0 rings (SSSR count). The highest BCUT2D eigenvalue weighted by molar-refractivity contribution is 9.10. The Bertz CT molecular complexity index is 155. The third kappa shape index (κ3) is 3.14. The van der Waals surface area contributed by atoms with Gasteiger partial charge in [-0.2, -0.15) is 8.78 Å². The molecule has 0 radical (unpaired) electrons. The topological polar surface area (TPSA) is 20.3 Å². The average molecular weight is 230 g/mol. The van der Waals surface area contributed by atoms with Crippen LogP contribution in [0.2, 0.25) is 0 Å². The zero-order chi connectivity index (χ0) is 9.23. The van der Waals surface area contributed by atoms with Crippen LogP contribution < -0.4 is 0 Å². The Kier molecular flexibility index (Phi) is 3.41. The maximum absolute atomic E-state index is 12.3. The van der Waals surface area contributed by atoms with Crippen LogP contribution in [0.25, 0.3) is 0 Å². The zero-order valence-corrected chi connectivity index (χ0v) is 8.15. The van der Waals surface area contributed by atoms with Gasteiger partial charge < -0.3 is 4.90 Å². The van der Waals surface area contributed by atoms with E-state index in [9.17, 15) is 13.6 Å². The minimum absolute atomic E-state index is 0.217. The Morgan fingerprint density at radius 2 is 1.91 bits per heavy atom. The van der Waals surface area contributed by atoms with Gasteiger partial charge in [-0.05, 0) is 13.8 Å². The molecule has 0 aromatic rings. The SMILES string of the molecule is CC(C)N(C)C(=O)C(F)(F)Br. The number of carbonyl (C=O) groups is 1. The first-order valence-corrected chi connectivity index (χ1v) is 3.90. The van der Waals surface area contributed by atoms with Crippen LogP contribution in [-0.4, -0.2) is 28.7 Å². The highest BCUT2D eigenvalue weighted by atomic mass is 79.9. The van der Waals surface area contributed by atoms with Crippen LogP contribution in [0.4, 0.5) is 8.78 Å². The van der Waals surface area contributed by atoms with Crippen molar-refractivity contribution in [1.82, 2.24) is 4.90 Å². The van der Waals surface area contributed by atoms with Gasteiger partial charge in [0, 0.05) is 29.0 Å². The second-order valence-corrected chi connectivity index (χ2v) is 3.50. The summed E-state index contributed by atoms with van der Waals surface area (Å²) in [4.78, 5) is 8.28. The van der Waals surface area contributed by atoms with Crippen LogP contribution in [0, 0.1) is 0 Å². The molecule has 5 heteroatoms. The molecule has 2 nitrogen and oxygen atoms in total. The van der Waals surface area contributed by atoms with Gasteiger partial charge in [-0.1, -0.05) is 0 Å². The van der Waals surface area contributed by atoms with E-state index in [1.807, 2.05) is 15.9 Å². The Balaban J connectivity index is 4.26. The van der Waals surface area contributed by atoms with Gasteiger partial charge in [-0.15, -0.1) is 0 Å².